The zero-order valence-electron chi connectivity index (χ0n) is 12.8. The Labute approximate surface area is 147 Å². The average Bonchev–Trinajstić information content (AvgIpc) is 2.87. The van der Waals surface area contributed by atoms with Crippen molar-refractivity contribution in [2.24, 2.45) is 0 Å². The van der Waals surface area contributed by atoms with E-state index in [9.17, 15) is 18.8 Å². The van der Waals surface area contributed by atoms with Crippen molar-refractivity contribution < 1.29 is 18.8 Å². The lowest BCUT2D eigenvalue weighted by atomic mass is 10.2. The van der Waals surface area contributed by atoms with Gasteiger partial charge < -0.3 is 0 Å². The number of amides is 3. The minimum Gasteiger partial charge on any atom is -0.287 e. The summed E-state index contributed by atoms with van der Waals surface area (Å²) in [4.78, 5) is 37.6. The molecule has 1 heterocycles. The Hall–Kier alpha value is -2.77. The zero-order chi connectivity index (χ0) is 18.0. The lowest BCUT2D eigenvalue weighted by Crippen LogP contribution is -2.48. The summed E-state index contributed by atoms with van der Waals surface area (Å²) in [5, 5.41) is 0.272. The van der Waals surface area contributed by atoms with E-state index >= 15 is 0 Å². The second-order valence-electron chi connectivity index (χ2n) is 5.38. The first-order chi connectivity index (χ1) is 12.0. The molecule has 0 bridgehead atoms. The van der Waals surface area contributed by atoms with Crippen molar-refractivity contribution in [2.45, 2.75) is 12.5 Å². The van der Waals surface area contributed by atoms with Gasteiger partial charge in [0.15, 0.2) is 0 Å². The van der Waals surface area contributed by atoms with E-state index in [2.05, 4.69) is 10.9 Å². The molecule has 0 radical (unpaired) electrons. The van der Waals surface area contributed by atoms with Gasteiger partial charge in [-0.05, 0) is 30.3 Å². The minimum absolute atomic E-state index is 0.0900. The number of halogens is 2. The Kier molecular flexibility index (Phi) is 4.78. The van der Waals surface area contributed by atoms with Gasteiger partial charge in [-0.15, -0.1) is 0 Å². The number of imide groups is 1. The molecular weight excluding hydrogens is 349 g/mol. The quantitative estimate of drug-likeness (QED) is 0.645. The molecule has 1 atom stereocenters. The van der Waals surface area contributed by atoms with Gasteiger partial charge in [-0.2, -0.15) is 0 Å². The van der Waals surface area contributed by atoms with Crippen molar-refractivity contribution in [1.29, 1.82) is 0 Å². The normalized spacial score (nSPS) is 17.0. The molecule has 25 heavy (non-hydrogen) atoms. The molecule has 1 fully saturated rings. The predicted molar refractivity (Wildman–Crippen MR) is 89.4 cm³/mol. The summed E-state index contributed by atoms with van der Waals surface area (Å²) in [6, 6.07) is 10.7. The molecular formula is C17H13ClFN3O3. The van der Waals surface area contributed by atoms with Gasteiger partial charge in [0.1, 0.15) is 11.9 Å². The first-order valence-corrected chi connectivity index (χ1v) is 7.78. The molecule has 2 N–H and O–H groups in total. The maximum Gasteiger partial charge on any atom is 0.265 e. The predicted octanol–water partition coefficient (Wildman–Crippen LogP) is 2.05. The first kappa shape index (κ1) is 17.1. The molecule has 2 aromatic rings. The van der Waals surface area contributed by atoms with Gasteiger partial charge in [0.2, 0.25) is 5.91 Å². The number of nitrogens with zero attached hydrogens (tertiary/aromatic N) is 1. The maximum atomic E-state index is 13.1. The van der Waals surface area contributed by atoms with Gasteiger partial charge in [0.05, 0.1) is 17.1 Å². The Balaban J connectivity index is 1.69. The van der Waals surface area contributed by atoms with Gasteiger partial charge in [-0.3, -0.25) is 19.8 Å². The molecule has 1 saturated heterocycles. The Morgan fingerprint density at radius 3 is 2.64 bits per heavy atom. The summed E-state index contributed by atoms with van der Waals surface area (Å²) in [6.45, 7) is 0. The molecule has 3 amide bonds. The maximum absolute atomic E-state index is 13.1. The third-order valence-corrected chi connectivity index (χ3v) is 4.01. The van der Waals surface area contributed by atoms with E-state index in [-0.39, 0.29) is 17.0 Å². The monoisotopic (exact) mass is 361 g/mol. The summed E-state index contributed by atoms with van der Waals surface area (Å²) < 4.78 is 13.1. The van der Waals surface area contributed by atoms with Gasteiger partial charge in [-0.25, -0.2) is 14.7 Å². The third kappa shape index (κ3) is 3.52. The average molecular weight is 362 g/mol. The molecule has 0 saturated carbocycles. The lowest BCUT2D eigenvalue weighted by Gasteiger charge is -2.17. The highest BCUT2D eigenvalue weighted by Gasteiger charge is 2.40. The van der Waals surface area contributed by atoms with Crippen LogP contribution in [-0.2, 0) is 9.59 Å². The fourth-order valence-corrected chi connectivity index (χ4v) is 2.71. The number of rotatable bonds is 4. The molecule has 128 valence electrons. The van der Waals surface area contributed by atoms with Crippen molar-refractivity contribution in [3.05, 3.63) is 64.9 Å². The summed E-state index contributed by atoms with van der Waals surface area (Å²) >= 11 is 6.03. The van der Waals surface area contributed by atoms with E-state index < -0.39 is 29.6 Å². The van der Waals surface area contributed by atoms with Crippen LogP contribution in [0.2, 0.25) is 5.02 Å². The van der Waals surface area contributed by atoms with E-state index in [0.29, 0.717) is 5.69 Å². The topological polar surface area (TPSA) is 78.5 Å². The van der Waals surface area contributed by atoms with E-state index in [4.69, 9.17) is 11.6 Å². The van der Waals surface area contributed by atoms with E-state index in [1.54, 1.807) is 24.3 Å². The highest BCUT2D eigenvalue weighted by atomic mass is 35.5. The first-order valence-electron chi connectivity index (χ1n) is 7.40. The van der Waals surface area contributed by atoms with E-state index in [1.807, 2.05) is 0 Å². The fourth-order valence-electron chi connectivity index (χ4n) is 2.49. The van der Waals surface area contributed by atoms with Gasteiger partial charge in [0.25, 0.3) is 11.8 Å². The van der Waals surface area contributed by atoms with E-state index in [0.717, 1.165) is 11.0 Å². The van der Waals surface area contributed by atoms with Gasteiger partial charge in [-0.1, -0.05) is 29.8 Å². The van der Waals surface area contributed by atoms with Gasteiger partial charge in [0, 0.05) is 5.56 Å². The fraction of sp³-hybridized carbons (Fsp3) is 0.118. The number of anilines is 1. The molecule has 8 heteroatoms. The van der Waals surface area contributed by atoms with Crippen LogP contribution in [0.25, 0.3) is 0 Å². The second-order valence-corrected chi connectivity index (χ2v) is 5.79. The summed E-state index contributed by atoms with van der Waals surface area (Å²) in [5.74, 6) is -2.13. The standard InChI is InChI=1S/C17H13ClFN3O3/c18-12-6-1-2-7-14(12)22-15(23)9-13(17(22)25)20-21-16(24)10-4-3-5-11(19)8-10/h1-8,13,20H,9H2,(H,21,24)/t13-/m0/s1. The molecule has 0 aliphatic carbocycles. The molecule has 6 nitrogen and oxygen atoms in total. The highest BCUT2D eigenvalue weighted by Crippen LogP contribution is 2.29. The Bertz CT molecular complexity index is 859. The third-order valence-electron chi connectivity index (χ3n) is 3.69. The number of hydrazine groups is 1. The minimum atomic E-state index is -0.929. The summed E-state index contributed by atoms with van der Waals surface area (Å²) in [6.07, 6.45) is -0.131. The summed E-state index contributed by atoms with van der Waals surface area (Å²) in [7, 11) is 0. The number of carbonyl (C=O) groups excluding carboxylic acids is 3. The SMILES string of the molecule is O=C(NN[C@H]1CC(=O)N(c2ccccc2Cl)C1=O)c1cccc(F)c1. The lowest BCUT2D eigenvalue weighted by molar-refractivity contribution is -0.121. The van der Waals surface area contributed by atoms with Crippen LogP contribution >= 0.6 is 11.6 Å². The second kappa shape index (κ2) is 7.00. The number of benzene rings is 2. The molecule has 0 spiro atoms. The molecule has 2 aromatic carbocycles. The van der Waals surface area contributed by atoms with Crippen LogP contribution in [0, 0.1) is 5.82 Å². The van der Waals surface area contributed by atoms with Crippen LogP contribution in [0.15, 0.2) is 48.5 Å². The molecule has 0 unspecified atom stereocenters. The highest BCUT2D eigenvalue weighted by molar-refractivity contribution is 6.36. The molecule has 3 rings (SSSR count). The van der Waals surface area contributed by atoms with Crippen LogP contribution in [0.1, 0.15) is 16.8 Å². The number of nitrogens with one attached hydrogen (secondary N) is 2. The number of carbonyl (C=O) groups is 3. The smallest absolute Gasteiger partial charge is 0.265 e. The molecule has 0 aromatic heterocycles. The van der Waals surface area contributed by atoms with E-state index in [1.165, 1.54) is 18.2 Å². The number of para-hydroxylation sites is 1. The van der Waals surface area contributed by atoms with Crippen LogP contribution in [-0.4, -0.2) is 23.8 Å². The van der Waals surface area contributed by atoms with Crippen molar-refractivity contribution in [1.82, 2.24) is 10.9 Å². The van der Waals surface area contributed by atoms with Crippen LogP contribution in [0.4, 0.5) is 10.1 Å². The largest absolute Gasteiger partial charge is 0.287 e. The van der Waals surface area contributed by atoms with Crippen molar-refractivity contribution in [3.63, 3.8) is 0 Å². The molecule has 1 aliphatic heterocycles. The van der Waals surface area contributed by atoms with Crippen molar-refractivity contribution >= 4 is 35.0 Å². The Morgan fingerprint density at radius 2 is 1.92 bits per heavy atom. The summed E-state index contributed by atoms with van der Waals surface area (Å²) in [5.41, 5.74) is 5.22. The van der Waals surface area contributed by atoms with Crippen LogP contribution < -0.4 is 15.8 Å². The molecule has 1 aliphatic rings. The number of hydrogen-bond donors (Lipinski definition) is 2. The van der Waals surface area contributed by atoms with Crippen LogP contribution in [0.5, 0.6) is 0 Å². The van der Waals surface area contributed by atoms with Crippen LogP contribution in [0.3, 0.4) is 0 Å². The number of hydrogen-bond acceptors (Lipinski definition) is 4. The van der Waals surface area contributed by atoms with Gasteiger partial charge >= 0.3 is 0 Å². The zero-order valence-corrected chi connectivity index (χ0v) is 13.6. The van der Waals surface area contributed by atoms with Crippen molar-refractivity contribution in [2.75, 3.05) is 4.90 Å². The van der Waals surface area contributed by atoms with Crippen molar-refractivity contribution in [3.8, 4) is 0 Å². The Morgan fingerprint density at radius 1 is 1.16 bits per heavy atom.